The molecular formula is C15H20FNO2S. The molecule has 1 atom stereocenters. The highest BCUT2D eigenvalue weighted by Crippen LogP contribution is 2.42. The van der Waals surface area contributed by atoms with Gasteiger partial charge in [-0.2, -0.15) is 0 Å². The van der Waals surface area contributed by atoms with Crippen molar-refractivity contribution in [3.05, 3.63) is 35.1 Å². The molecule has 20 heavy (non-hydrogen) atoms. The third kappa shape index (κ3) is 2.49. The molecule has 5 heteroatoms. The van der Waals surface area contributed by atoms with Crippen LogP contribution >= 0.6 is 0 Å². The molecule has 0 bridgehead atoms. The highest BCUT2D eigenvalue weighted by Gasteiger charge is 2.48. The van der Waals surface area contributed by atoms with Crippen LogP contribution < -0.4 is 5.32 Å². The fourth-order valence-corrected chi connectivity index (χ4v) is 5.46. The smallest absolute Gasteiger partial charge is 0.150 e. The highest BCUT2D eigenvalue weighted by atomic mass is 32.2. The first-order chi connectivity index (χ1) is 9.40. The quantitative estimate of drug-likeness (QED) is 0.924. The molecule has 2 aliphatic rings. The van der Waals surface area contributed by atoms with E-state index in [-0.39, 0.29) is 17.2 Å². The van der Waals surface area contributed by atoms with Gasteiger partial charge < -0.3 is 5.32 Å². The van der Waals surface area contributed by atoms with Crippen molar-refractivity contribution in [1.29, 1.82) is 0 Å². The molecular weight excluding hydrogens is 277 g/mol. The Labute approximate surface area is 119 Å². The second kappa shape index (κ2) is 4.81. The topological polar surface area (TPSA) is 46.2 Å². The molecule has 2 heterocycles. The molecule has 0 saturated carbocycles. The zero-order chi connectivity index (χ0) is 14.4. The molecule has 3 nitrogen and oxygen atoms in total. The minimum atomic E-state index is -2.85. The molecule has 2 fully saturated rings. The predicted octanol–water partition coefficient (Wildman–Crippen LogP) is 1.70. The van der Waals surface area contributed by atoms with Gasteiger partial charge in [-0.1, -0.05) is 6.07 Å². The average molecular weight is 297 g/mol. The van der Waals surface area contributed by atoms with Crippen LogP contribution in [-0.4, -0.2) is 33.0 Å². The fraction of sp³-hybridized carbons (Fsp3) is 0.600. The van der Waals surface area contributed by atoms with Gasteiger partial charge in [-0.25, -0.2) is 12.8 Å². The van der Waals surface area contributed by atoms with Gasteiger partial charge in [-0.15, -0.1) is 0 Å². The van der Waals surface area contributed by atoms with Gasteiger partial charge in [0.2, 0.25) is 0 Å². The molecule has 1 aromatic carbocycles. The lowest BCUT2D eigenvalue weighted by molar-refractivity contribution is 0.0922. The Hall–Kier alpha value is -0.940. The molecule has 0 amide bonds. The molecule has 0 aliphatic carbocycles. The highest BCUT2D eigenvalue weighted by molar-refractivity contribution is 7.91. The van der Waals surface area contributed by atoms with Crippen LogP contribution in [0.2, 0.25) is 0 Å². The summed E-state index contributed by atoms with van der Waals surface area (Å²) < 4.78 is 36.6. The van der Waals surface area contributed by atoms with Crippen molar-refractivity contribution < 1.29 is 12.8 Å². The summed E-state index contributed by atoms with van der Waals surface area (Å²) >= 11 is 0. The van der Waals surface area contributed by atoms with E-state index in [2.05, 4.69) is 5.32 Å². The molecule has 1 unspecified atom stereocenters. The summed E-state index contributed by atoms with van der Waals surface area (Å²) in [5, 5.41) is 3.29. The largest absolute Gasteiger partial charge is 0.315 e. The van der Waals surface area contributed by atoms with E-state index >= 15 is 0 Å². The number of rotatable bonds is 3. The van der Waals surface area contributed by atoms with E-state index in [1.807, 2.05) is 13.0 Å². The Balaban J connectivity index is 1.83. The van der Waals surface area contributed by atoms with E-state index in [1.165, 1.54) is 6.07 Å². The molecule has 2 aliphatic heterocycles. The summed E-state index contributed by atoms with van der Waals surface area (Å²) in [4.78, 5) is 0. The minimum Gasteiger partial charge on any atom is -0.315 e. The molecule has 3 rings (SSSR count). The number of sulfone groups is 1. The van der Waals surface area contributed by atoms with Gasteiger partial charge in [0.25, 0.3) is 0 Å². The fourth-order valence-electron chi connectivity index (χ4n) is 3.52. The first-order valence-electron chi connectivity index (χ1n) is 7.06. The maximum absolute atomic E-state index is 13.2. The van der Waals surface area contributed by atoms with Gasteiger partial charge in [0.05, 0.1) is 11.5 Å². The number of nitrogens with one attached hydrogen (secondary N) is 1. The van der Waals surface area contributed by atoms with Crippen LogP contribution in [0.1, 0.15) is 17.5 Å². The summed E-state index contributed by atoms with van der Waals surface area (Å²) in [6.07, 6.45) is 1.61. The van der Waals surface area contributed by atoms with Gasteiger partial charge in [0, 0.05) is 18.5 Å². The molecule has 110 valence electrons. The minimum absolute atomic E-state index is 0.0339. The van der Waals surface area contributed by atoms with Crippen LogP contribution in [0.5, 0.6) is 0 Å². The second-order valence-electron chi connectivity index (χ2n) is 6.31. The van der Waals surface area contributed by atoms with E-state index < -0.39 is 9.84 Å². The first kappa shape index (κ1) is 14.0. The summed E-state index contributed by atoms with van der Waals surface area (Å²) in [7, 11) is -2.85. The zero-order valence-corrected chi connectivity index (χ0v) is 12.5. The Morgan fingerprint density at radius 2 is 2.15 bits per heavy atom. The lowest BCUT2D eigenvalue weighted by Gasteiger charge is -2.47. The maximum Gasteiger partial charge on any atom is 0.150 e. The van der Waals surface area contributed by atoms with Crippen LogP contribution in [0.15, 0.2) is 18.2 Å². The van der Waals surface area contributed by atoms with Crippen LogP contribution in [0.25, 0.3) is 0 Å². The standard InChI is InChI=1S/C15H20FNO2S/c1-11-6-14(16)3-2-12(11)7-15(9-17-10-15)13-4-5-20(18,19)8-13/h2-3,6,13,17H,4-5,7-10H2,1H3. The van der Waals surface area contributed by atoms with Crippen molar-refractivity contribution in [3.63, 3.8) is 0 Å². The Bertz CT molecular complexity index is 623. The molecule has 1 aromatic rings. The van der Waals surface area contributed by atoms with Gasteiger partial charge in [-0.05, 0) is 48.9 Å². The van der Waals surface area contributed by atoms with Crippen molar-refractivity contribution in [2.45, 2.75) is 19.8 Å². The van der Waals surface area contributed by atoms with Gasteiger partial charge in [0.1, 0.15) is 5.82 Å². The monoisotopic (exact) mass is 297 g/mol. The van der Waals surface area contributed by atoms with E-state index in [4.69, 9.17) is 0 Å². The Kier molecular flexibility index (Phi) is 3.37. The second-order valence-corrected chi connectivity index (χ2v) is 8.54. The lowest BCUT2D eigenvalue weighted by Crippen LogP contribution is -2.59. The summed E-state index contributed by atoms with van der Waals surface area (Å²) in [6, 6.07) is 4.89. The van der Waals surface area contributed by atoms with E-state index in [1.54, 1.807) is 6.07 Å². The summed E-state index contributed by atoms with van der Waals surface area (Å²) in [5.74, 6) is 0.658. The molecule has 1 N–H and O–H groups in total. The van der Waals surface area contributed by atoms with E-state index in [9.17, 15) is 12.8 Å². The summed E-state index contributed by atoms with van der Waals surface area (Å²) in [5.41, 5.74) is 2.13. The lowest BCUT2D eigenvalue weighted by atomic mass is 9.66. The molecule has 0 aromatic heterocycles. The van der Waals surface area contributed by atoms with E-state index in [0.29, 0.717) is 11.5 Å². The summed E-state index contributed by atoms with van der Waals surface area (Å²) in [6.45, 7) is 3.65. The molecule has 0 radical (unpaired) electrons. The molecule has 2 saturated heterocycles. The van der Waals surface area contributed by atoms with Crippen LogP contribution in [0.3, 0.4) is 0 Å². The maximum atomic E-state index is 13.2. The predicted molar refractivity (Wildman–Crippen MR) is 76.9 cm³/mol. The SMILES string of the molecule is Cc1cc(F)ccc1CC1(C2CCS(=O)(=O)C2)CNC1. The Morgan fingerprint density at radius 3 is 2.65 bits per heavy atom. The first-order valence-corrected chi connectivity index (χ1v) is 8.89. The van der Waals surface area contributed by atoms with Crippen molar-refractivity contribution in [1.82, 2.24) is 5.32 Å². The van der Waals surface area contributed by atoms with Crippen molar-refractivity contribution in [2.75, 3.05) is 24.6 Å². The van der Waals surface area contributed by atoms with Crippen LogP contribution in [0.4, 0.5) is 4.39 Å². The van der Waals surface area contributed by atoms with Crippen molar-refractivity contribution >= 4 is 9.84 Å². The number of aryl methyl sites for hydroxylation is 1. The third-order valence-electron chi connectivity index (χ3n) is 4.90. The van der Waals surface area contributed by atoms with Crippen LogP contribution in [0, 0.1) is 24.1 Å². The third-order valence-corrected chi connectivity index (χ3v) is 6.67. The van der Waals surface area contributed by atoms with Gasteiger partial charge >= 0.3 is 0 Å². The molecule has 0 spiro atoms. The number of benzene rings is 1. The number of hydrogen-bond donors (Lipinski definition) is 1. The van der Waals surface area contributed by atoms with Crippen molar-refractivity contribution in [2.24, 2.45) is 11.3 Å². The number of hydrogen-bond acceptors (Lipinski definition) is 3. The van der Waals surface area contributed by atoms with Crippen LogP contribution in [-0.2, 0) is 16.3 Å². The number of halogens is 1. The zero-order valence-electron chi connectivity index (χ0n) is 11.7. The normalized spacial score (nSPS) is 27.2. The van der Waals surface area contributed by atoms with Crippen molar-refractivity contribution in [3.8, 4) is 0 Å². The average Bonchev–Trinajstić information content (AvgIpc) is 2.67. The van der Waals surface area contributed by atoms with Gasteiger partial charge in [0.15, 0.2) is 9.84 Å². The Morgan fingerprint density at radius 1 is 1.40 bits per heavy atom. The van der Waals surface area contributed by atoms with Gasteiger partial charge in [-0.3, -0.25) is 0 Å². The van der Waals surface area contributed by atoms with E-state index in [0.717, 1.165) is 37.1 Å².